The lowest BCUT2D eigenvalue weighted by Crippen LogP contribution is -2.28. The van der Waals surface area contributed by atoms with Gasteiger partial charge in [0.1, 0.15) is 23.0 Å². The largest absolute Gasteiger partial charge is 0.464 e. The van der Waals surface area contributed by atoms with E-state index in [9.17, 15) is 4.39 Å². The Morgan fingerprint density at radius 2 is 1.76 bits per heavy atom. The molecule has 0 aliphatic rings. The van der Waals surface area contributed by atoms with Gasteiger partial charge in [0.2, 0.25) is 5.95 Å². The first kappa shape index (κ1) is 24.4. The molecule has 0 fully saturated rings. The van der Waals surface area contributed by atoms with Crippen molar-refractivity contribution in [2.45, 2.75) is 40.2 Å². The van der Waals surface area contributed by atoms with Crippen molar-refractivity contribution in [2.75, 3.05) is 17.2 Å². The molecule has 1 atom stereocenters. The highest BCUT2D eigenvalue weighted by Gasteiger charge is 2.20. The minimum Gasteiger partial charge on any atom is -0.464 e. The van der Waals surface area contributed by atoms with E-state index in [1.807, 2.05) is 38.1 Å². The van der Waals surface area contributed by atoms with Gasteiger partial charge >= 0.3 is 0 Å². The SMILES string of the molecule is CCc1nc(-c2ccc3occ(C)c3c2)cc(N(CC)C(C)c2cc(F)cc(-c3cnc(N)nc3)c2)n1. The maximum atomic E-state index is 14.7. The molecule has 2 N–H and O–H groups in total. The van der Waals surface area contributed by atoms with Crippen molar-refractivity contribution in [1.29, 1.82) is 0 Å². The van der Waals surface area contributed by atoms with Gasteiger partial charge in [0, 0.05) is 47.9 Å². The van der Waals surface area contributed by atoms with Crippen LogP contribution in [0.25, 0.3) is 33.4 Å². The number of rotatable bonds is 7. The predicted molar refractivity (Wildman–Crippen MR) is 145 cm³/mol. The molecule has 0 aliphatic carbocycles. The second-order valence-corrected chi connectivity index (χ2v) is 9.08. The second kappa shape index (κ2) is 9.97. The molecule has 8 heteroatoms. The van der Waals surface area contributed by atoms with Gasteiger partial charge in [-0.2, -0.15) is 0 Å². The monoisotopic (exact) mass is 496 g/mol. The Kier molecular flexibility index (Phi) is 6.56. The lowest BCUT2D eigenvalue weighted by molar-refractivity contribution is 0.613. The van der Waals surface area contributed by atoms with Crippen molar-refractivity contribution in [3.63, 3.8) is 0 Å². The Morgan fingerprint density at radius 3 is 2.49 bits per heavy atom. The molecule has 0 bridgehead atoms. The maximum absolute atomic E-state index is 14.7. The van der Waals surface area contributed by atoms with Gasteiger partial charge in [-0.3, -0.25) is 0 Å². The average Bonchev–Trinajstić information content (AvgIpc) is 3.28. The molecule has 1 unspecified atom stereocenters. The van der Waals surface area contributed by atoms with E-state index in [0.717, 1.165) is 45.0 Å². The van der Waals surface area contributed by atoms with Crippen molar-refractivity contribution in [2.24, 2.45) is 0 Å². The smallest absolute Gasteiger partial charge is 0.219 e. The number of anilines is 2. The van der Waals surface area contributed by atoms with Crippen LogP contribution in [0.1, 0.15) is 43.8 Å². The summed E-state index contributed by atoms with van der Waals surface area (Å²) in [4.78, 5) is 19.9. The molecular formula is C29H29FN6O. The number of nitrogens with two attached hydrogens (primary N) is 1. The van der Waals surface area contributed by atoms with E-state index in [1.54, 1.807) is 24.7 Å². The van der Waals surface area contributed by atoms with Crippen LogP contribution in [-0.4, -0.2) is 26.5 Å². The summed E-state index contributed by atoms with van der Waals surface area (Å²) in [6.45, 7) is 8.87. The minimum absolute atomic E-state index is 0.153. The second-order valence-electron chi connectivity index (χ2n) is 9.08. The van der Waals surface area contributed by atoms with Gasteiger partial charge in [-0.25, -0.2) is 24.3 Å². The molecule has 2 aromatic carbocycles. The summed E-state index contributed by atoms with van der Waals surface area (Å²) < 4.78 is 20.4. The number of nitrogen functional groups attached to an aromatic ring is 1. The number of hydrogen-bond donors (Lipinski definition) is 1. The van der Waals surface area contributed by atoms with Crippen molar-refractivity contribution in [3.8, 4) is 22.4 Å². The normalized spacial score (nSPS) is 12.1. The quantitative estimate of drug-likeness (QED) is 0.274. The molecule has 3 aromatic heterocycles. The van der Waals surface area contributed by atoms with Gasteiger partial charge in [0.05, 0.1) is 18.0 Å². The molecule has 188 valence electrons. The van der Waals surface area contributed by atoms with E-state index >= 15 is 0 Å². The first-order valence-corrected chi connectivity index (χ1v) is 12.4. The number of fused-ring (bicyclic) bond motifs is 1. The van der Waals surface area contributed by atoms with Crippen LogP contribution in [0.15, 0.2) is 65.5 Å². The molecular weight excluding hydrogens is 467 g/mol. The Bertz CT molecular complexity index is 1560. The van der Waals surface area contributed by atoms with Crippen LogP contribution in [0.3, 0.4) is 0 Å². The van der Waals surface area contributed by atoms with Gasteiger partial charge in [-0.15, -0.1) is 0 Å². The zero-order valence-corrected chi connectivity index (χ0v) is 21.4. The van der Waals surface area contributed by atoms with Gasteiger partial charge in [-0.05, 0) is 73.9 Å². The molecule has 0 saturated carbocycles. The third-order valence-corrected chi connectivity index (χ3v) is 6.65. The summed E-state index contributed by atoms with van der Waals surface area (Å²) in [6.07, 6.45) is 5.67. The Balaban J connectivity index is 1.54. The number of halogens is 1. The Morgan fingerprint density at radius 1 is 0.973 bits per heavy atom. The first-order chi connectivity index (χ1) is 17.9. The fourth-order valence-corrected chi connectivity index (χ4v) is 4.57. The number of aryl methyl sites for hydroxylation is 2. The van der Waals surface area contributed by atoms with Gasteiger partial charge in [0.25, 0.3) is 0 Å². The maximum Gasteiger partial charge on any atom is 0.219 e. The molecule has 0 amide bonds. The number of aromatic nitrogens is 4. The van der Waals surface area contributed by atoms with Gasteiger partial charge in [-0.1, -0.05) is 6.92 Å². The van der Waals surface area contributed by atoms with Crippen LogP contribution in [0, 0.1) is 12.7 Å². The average molecular weight is 497 g/mol. The molecule has 7 nitrogen and oxygen atoms in total. The fraction of sp³-hybridized carbons (Fsp3) is 0.241. The topological polar surface area (TPSA) is 94.0 Å². The summed E-state index contributed by atoms with van der Waals surface area (Å²) in [5.74, 6) is 1.40. The highest BCUT2D eigenvalue weighted by Crippen LogP contribution is 2.33. The fourth-order valence-electron chi connectivity index (χ4n) is 4.57. The summed E-state index contributed by atoms with van der Waals surface area (Å²) in [5.41, 5.74) is 11.6. The zero-order valence-electron chi connectivity index (χ0n) is 21.4. The van der Waals surface area contributed by atoms with Crippen molar-refractivity contribution < 1.29 is 8.81 Å². The molecule has 3 heterocycles. The summed E-state index contributed by atoms with van der Waals surface area (Å²) in [7, 11) is 0. The molecule has 5 rings (SSSR count). The number of hydrogen-bond acceptors (Lipinski definition) is 7. The third kappa shape index (κ3) is 4.87. The zero-order chi connectivity index (χ0) is 26.1. The van der Waals surface area contributed by atoms with Crippen molar-refractivity contribution in [1.82, 2.24) is 19.9 Å². The van der Waals surface area contributed by atoms with E-state index in [-0.39, 0.29) is 17.8 Å². The van der Waals surface area contributed by atoms with Crippen LogP contribution >= 0.6 is 0 Å². The lowest BCUT2D eigenvalue weighted by atomic mass is 10.00. The number of furan rings is 1. The summed E-state index contributed by atoms with van der Waals surface area (Å²) in [6, 6.07) is 13.0. The van der Waals surface area contributed by atoms with E-state index in [4.69, 9.17) is 20.1 Å². The van der Waals surface area contributed by atoms with Crippen molar-refractivity contribution in [3.05, 3.63) is 83.9 Å². The Labute approximate surface area is 215 Å². The lowest BCUT2D eigenvalue weighted by Gasteiger charge is -2.30. The van der Waals surface area contributed by atoms with Crippen molar-refractivity contribution >= 4 is 22.7 Å². The molecule has 5 aromatic rings. The van der Waals surface area contributed by atoms with E-state index in [2.05, 4.69) is 34.8 Å². The van der Waals surface area contributed by atoms with Crippen LogP contribution in [-0.2, 0) is 6.42 Å². The standard InChI is InChI=1S/C29H29FN6O/c1-5-27-34-25(19-7-8-26-24(12-19)17(3)16-37-26)13-28(35-27)36(6-2)18(4)20-9-21(11-23(30)10-20)22-14-32-29(31)33-15-22/h7-16,18H,5-6H2,1-4H3,(H2,31,32,33). The summed E-state index contributed by atoms with van der Waals surface area (Å²) in [5, 5.41) is 1.07. The van der Waals surface area contributed by atoms with Crippen LogP contribution in [0.4, 0.5) is 16.2 Å². The Hall–Kier alpha value is -4.33. The molecule has 0 spiro atoms. The predicted octanol–water partition coefficient (Wildman–Crippen LogP) is 6.53. The van der Waals surface area contributed by atoms with Crippen LogP contribution < -0.4 is 10.6 Å². The first-order valence-electron chi connectivity index (χ1n) is 12.4. The van der Waals surface area contributed by atoms with E-state index < -0.39 is 0 Å². The van der Waals surface area contributed by atoms with E-state index in [1.165, 1.54) is 6.07 Å². The molecule has 37 heavy (non-hydrogen) atoms. The van der Waals surface area contributed by atoms with E-state index in [0.29, 0.717) is 24.1 Å². The van der Waals surface area contributed by atoms with Crippen LogP contribution in [0.2, 0.25) is 0 Å². The molecule has 0 radical (unpaired) electrons. The van der Waals surface area contributed by atoms with Crippen LogP contribution in [0.5, 0.6) is 0 Å². The molecule has 0 aliphatic heterocycles. The molecule has 0 saturated heterocycles. The highest BCUT2D eigenvalue weighted by atomic mass is 19.1. The van der Waals surface area contributed by atoms with Gasteiger partial charge in [0.15, 0.2) is 0 Å². The summed E-state index contributed by atoms with van der Waals surface area (Å²) >= 11 is 0. The minimum atomic E-state index is -0.325. The number of benzene rings is 2. The van der Waals surface area contributed by atoms with Gasteiger partial charge < -0.3 is 15.1 Å². The number of nitrogens with zero attached hydrogens (tertiary/aromatic N) is 5. The third-order valence-electron chi connectivity index (χ3n) is 6.65. The highest BCUT2D eigenvalue weighted by molar-refractivity contribution is 5.85.